The predicted molar refractivity (Wildman–Crippen MR) is 93.3 cm³/mol. The predicted octanol–water partition coefficient (Wildman–Crippen LogP) is 4.19. The topological polar surface area (TPSA) is 50.9 Å². The van der Waals surface area contributed by atoms with Crippen LogP contribution in [0.1, 0.15) is 24.1 Å². The van der Waals surface area contributed by atoms with E-state index in [1.807, 2.05) is 43.3 Å². The van der Waals surface area contributed by atoms with Crippen LogP contribution in [0.3, 0.4) is 0 Å². The van der Waals surface area contributed by atoms with Crippen LogP contribution >= 0.6 is 27.5 Å². The highest BCUT2D eigenvalue weighted by molar-refractivity contribution is 9.10. The fraction of sp³-hybridized carbons (Fsp3) is 0.176. The zero-order chi connectivity index (χ0) is 16.4. The molecule has 0 amide bonds. The van der Waals surface area contributed by atoms with E-state index in [2.05, 4.69) is 26.2 Å². The highest BCUT2D eigenvalue weighted by Crippen LogP contribution is 2.39. The summed E-state index contributed by atoms with van der Waals surface area (Å²) in [4.78, 5) is 0. The molecule has 1 N–H and O–H groups in total. The van der Waals surface area contributed by atoms with Crippen molar-refractivity contribution < 1.29 is 5.11 Å². The Morgan fingerprint density at radius 3 is 2.17 bits per heavy atom. The normalized spacial score (nSPS) is 15.1. The third-order valence-corrected chi connectivity index (χ3v) is 4.79. The van der Waals surface area contributed by atoms with Crippen molar-refractivity contribution in [2.24, 2.45) is 0 Å². The van der Waals surface area contributed by atoms with Crippen LogP contribution in [-0.4, -0.2) is 20.1 Å². The molecule has 23 heavy (non-hydrogen) atoms. The molecule has 0 saturated heterocycles. The SMILES string of the molecule is CC(n1ccnn1)C(O)(c1ccc(Cl)cc1)c1ccc(Br)cc1. The van der Waals surface area contributed by atoms with Crippen LogP contribution < -0.4 is 0 Å². The number of halogens is 2. The highest BCUT2D eigenvalue weighted by atomic mass is 79.9. The quantitative estimate of drug-likeness (QED) is 0.724. The maximum Gasteiger partial charge on any atom is 0.137 e. The largest absolute Gasteiger partial charge is 0.378 e. The highest BCUT2D eigenvalue weighted by Gasteiger charge is 2.39. The molecule has 0 bridgehead atoms. The second-order valence-electron chi connectivity index (χ2n) is 5.34. The van der Waals surface area contributed by atoms with E-state index in [4.69, 9.17) is 11.6 Å². The van der Waals surface area contributed by atoms with Gasteiger partial charge in [0.2, 0.25) is 0 Å². The zero-order valence-electron chi connectivity index (χ0n) is 12.4. The van der Waals surface area contributed by atoms with Gasteiger partial charge in [-0.15, -0.1) is 5.10 Å². The molecule has 1 heterocycles. The second kappa shape index (κ2) is 6.43. The first-order chi connectivity index (χ1) is 11.0. The maximum atomic E-state index is 11.6. The van der Waals surface area contributed by atoms with Gasteiger partial charge in [0, 0.05) is 15.7 Å². The van der Waals surface area contributed by atoms with Crippen LogP contribution in [0.15, 0.2) is 65.4 Å². The van der Waals surface area contributed by atoms with E-state index in [9.17, 15) is 5.11 Å². The summed E-state index contributed by atoms with van der Waals surface area (Å²) in [6.45, 7) is 1.91. The molecular weight excluding hydrogens is 378 g/mol. The fourth-order valence-electron chi connectivity index (χ4n) is 2.67. The van der Waals surface area contributed by atoms with Gasteiger partial charge >= 0.3 is 0 Å². The summed E-state index contributed by atoms with van der Waals surface area (Å²) in [5.74, 6) is 0. The van der Waals surface area contributed by atoms with Gasteiger partial charge in [0.15, 0.2) is 0 Å². The Balaban J connectivity index is 2.16. The van der Waals surface area contributed by atoms with Crippen molar-refractivity contribution in [1.29, 1.82) is 0 Å². The third kappa shape index (κ3) is 3.04. The molecule has 3 aromatic rings. The summed E-state index contributed by atoms with van der Waals surface area (Å²) in [7, 11) is 0. The summed E-state index contributed by atoms with van der Waals surface area (Å²) >= 11 is 9.42. The van der Waals surface area contributed by atoms with Crippen molar-refractivity contribution >= 4 is 27.5 Å². The lowest BCUT2D eigenvalue weighted by Gasteiger charge is -2.35. The molecule has 0 aliphatic rings. The summed E-state index contributed by atoms with van der Waals surface area (Å²) < 4.78 is 2.60. The van der Waals surface area contributed by atoms with E-state index in [1.54, 1.807) is 29.2 Å². The molecule has 6 heteroatoms. The van der Waals surface area contributed by atoms with Crippen LogP contribution in [0.25, 0.3) is 0 Å². The van der Waals surface area contributed by atoms with Crippen molar-refractivity contribution in [2.75, 3.05) is 0 Å². The first-order valence-electron chi connectivity index (χ1n) is 7.12. The molecule has 4 nitrogen and oxygen atoms in total. The third-order valence-electron chi connectivity index (χ3n) is 4.01. The maximum absolute atomic E-state index is 11.6. The number of hydrogen-bond acceptors (Lipinski definition) is 3. The minimum absolute atomic E-state index is 0.354. The summed E-state index contributed by atoms with van der Waals surface area (Å²) in [5.41, 5.74) is 0.247. The molecule has 2 aromatic carbocycles. The fourth-order valence-corrected chi connectivity index (χ4v) is 3.06. The molecule has 2 unspecified atom stereocenters. The lowest BCUT2D eigenvalue weighted by molar-refractivity contribution is 0.0240. The van der Waals surface area contributed by atoms with Gasteiger partial charge in [-0.25, -0.2) is 4.68 Å². The molecule has 0 fully saturated rings. The standard InChI is InChI=1S/C17H15BrClN3O/c1-12(22-11-10-20-21-22)17(23,13-2-6-15(18)7-3-13)14-4-8-16(19)9-5-14/h2-12,23H,1H3. The Morgan fingerprint density at radius 1 is 1.09 bits per heavy atom. The van der Waals surface area contributed by atoms with Gasteiger partial charge in [-0.2, -0.15) is 0 Å². The van der Waals surface area contributed by atoms with E-state index in [0.29, 0.717) is 5.02 Å². The molecule has 3 rings (SSSR count). The smallest absolute Gasteiger partial charge is 0.137 e. The number of benzene rings is 2. The van der Waals surface area contributed by atoms with Crippen molar-refractivity contribution in [3.8, 4) is 0 Å². The Hall–Kier alpha value is -1.69. The lowest BCUT2D eigenvalue weighted by atomic mass is 9.81. The van der Waals surface area contributed by atoms with Gasteiger partial charge in [-0.1, -0.05) is 57.0 Å². The lowest BCUT2D eigenvalue weighted by Crippen LogP contribution is -2.37. The molecule has 0 saturated carbocycles. The second-order valence-corrected chi connectivity index (χ2v) is 6.69. The van der Waals surface area contributed by atoms with Crippen LogP contribution in [0.2, 0.25) is 5.02 Å². The van der Waals surface area contributed by atoms with Gasteiger partial charge in [-0.3, -0.25) is 0 Å². The summed E-state index contributed by atoms with van der Waals surface area (Å²) in [6, 6.07) is 14.5. The minimum atomic E-state index is -1.26. The van der Waals surface area contributed by atoms with Crippen molar-refractivity contribution in [1.82, 2.24) is 15.0 Å². The number of hydrogen-bond donors (Lipinski definition) is 1. The van der Waals surface area contributed by atoms with Crippen LogP contribution in [0.4, 0.5) is 0 Å². The van der Waals surface area contributed by atoms with Gasteiger partial charge in [0.05, 0.1) is 12.2 Å². The molecule has 2 atom stereocenters. The first kappa shape index (κ1) is 16.2. The van der Waals surface area contributed by atoms with Gasteiger partial charge in [0.25, 0.3) is 0 Å². The molecule has 0 aliphatic heterocycles. The first-order valence-corrected chi connectivity index (χ1v) is 8.29. The molecule has 0 spiro atoms. The van der Waals surface area contributed by atoms with Crippen molar-refractivity contribution in [2.45, 2.75) is 18.6 Å². The minimum Gasteiger partial charge on any atom is -0.378 e. The monoisotopic (exact) mass is 391 g/mol. The van der Waals surface area contributed by atoms with Crippen LogP contribution in [0.5, 0.6) is 0 Å². The number of rotatable bonds is 4. The molecule has 1 aromatic heterocycles. The van der Waals surface area contributed by atoms with Crippen molar-refractivity contribution in [3.05, 3.63) is 81.5 Å². The number of aromatic nitrogens is 3. The van der Waals surface area contributed by atoms with Crippen LogP contribution in [-0.2, 0) is 5.60 Å². The average molecular weight is 393 g/mol. The molecule has 118 valence electrons. The zero-order valence-corrected chi connectivity index (χ0v) is 14.7. The van der Waals surface area contributed by atoms with E-state index < -0.39 is 5.60 Å². The van der Waals surface area contributed by atoms with Gasteiger partial charge < -0.3 is 5.11 Å². The number of nitrogens with zero attached hydrogens (tertiary/aromatic N) is 3. The molecule has 0 aliphatic carbocycles. The molecule has 0 radical (unpaired) electrons. The van der Waals surface area contributed by atoms with Crippen LogP contribution in [0, 0.1) is 0 Å². The Kier molecular flexibility index (Phi) is 4.53. The Morgan fingerprint density at radius 2 is 1.65 bits per heavy atom. The van der Waals surface area contributed by atoms with E-state index >= 15 is 0 Å². The Bertz CT molecular complexity index is 727. The van der Waals surface area contributed by atoms with E-state index in [-0.39, 0.29) is 6.04 Å². The van der Waals surface area contributed by atoms with E-state index in [1.165, 1.54) is 0 Å². The van der Waals surface area contributed by atoms with E-state index in [0.717, 1.165) is 15.6 Å². The summed E-state index contributed by atoms with van der Waals surface area (Å²) in [6.07, 6.45) is 3.34. The average Bonchev–Trinajstić information content (AvgIpc) is 3.09. The van der Waals surface area contributed by atoms with Crippen molar-refractivity contribution in [3.63, 3.8) is 0 Å². The number of aliphatic hydroxyl groups is 1. The van der Waals surface area contributed by atoms with Gasteiger partial charge in [0.1, 0.15) is 5.60 Å². The Labute approximate surface area is 147 Å². The summed E-state index contributed by atoms with van der Waals surface area (Å²) in [5, 5.41) is 20.1. The molecular formula is C17H15BrClN3O. The van der Waals surface area contributed by atoms with Gasteiger partial charge in [-0.05, 0) is 42.3 Å².